The Kier molecular flexibility index (Phi) is 2.60. The summed E-state index contributed by atoms with van der Waals surface area (Å²) < 4.78 is 1.45. The van der Waals surface area contributed by atoms with Crippen molar-refractivity contribution in [2.45, 2.75) is 20.4 Å². The normalized spacial score (nSPS) is 10.1. The summed E-state index contributed by atoms with van der Waals surface area (Å²) in [4.78, 5) is 22.4. The predicted molar refractivity (Wildman–Crippen MR) is 54.0 cm³/mol. The molecule has 0 atom stereocenters. The fourth-order valence-electron chi connectivity index (χ4n) is 1.51. The lowest BCUT2D eigenvalue weighted by atomic mass is 10.1. The van der Waals surface area contributed by atoms with E-state index in [1.54, 1.807) is 6.92 Å². The summed E-state index contributed by atoms with van der Waals surface area (Å²) >= 11 is 0. The number of amides is 1. The number of hydrogen-bond donors (Lipinski definition) is 2. The van der Waals surface area contributed by atoms with Gasteiger partial charge in [-0.15, -0.1) is 0 Å². The third-order valence-corrected chi connectivity index (χ3v) is 2.16. The largest absolute Gasteiger partial charge is 0.398 e. The molecule has 4 N–H and O–H groups in total. The van der Waals surface area contributed by atoms with Crippen LogP contribution in [0.4, 0.5) is 5.69 Å². The molecule has 0 unspecified atom stereocenters. The number of carbonyl (C=O) groups is 1. The molecule has 1 amide bonds. The predicted octanol–water partition coefficient (Wildman–Crippen LogP) is -0.142. The van der Waals surface area contributed by atoms with E-state index in [0.717, 1.165) is 0 Å². The lowest BCUT2D eigenvalue weighted by Crippen LogP contribution is -2.27. The van der Waals surface area contributed by atoms with Gasteiger partial charge in [0.05, 0.1) is 11.3 Å². The number of carbonyl (C=O) groups excluding carboxylic acids is 1. The number of primary amides is 1. The third-order valence-electron chi connectivity index (χ3n) is 2.16. The molecule has 0 radical (unpaired) electrons. The number of nitrogens with two attached hydrogens (primary N) is 2. The number of hydrogen-bond acceptors (Lipinski definition) is 3. The highest BCUT2D eigenvalue weighted by Crippen LogP contribution is 2.12. The summed E-state index contributed by atoms with van der Waals surface area (Å²) in [5.41, 5.74) is 11.4. The second kappa shape index (κ2) is 3.53. The van der Waals surface area contributed by atoms with E-state index >= 15 is 0 Å². The first-order chi connectivity index (χ1) is 6.49. The van der Waals surface area contributed by atoms with Gasteiger partial charge in [-0.2, -0.15) is 0 Å². The number of nitrogen functional groups attached to an aromatic ring is 1. The average Bonchev–Trinajstić information content (AvgIpc) is 2.02. The molecule has 5 nitrogen and oxygen atoms in total. The van der Waals surface area contributed by atoms with E-state index in [0.29, 0.717) is 12.2 Å². The van der Waals surface area contributed by atoms with Crippen LogP contribution in [0.1, 0.15) is 23.0 Å². The van der Waals surface area contributed by atoms with Crippen LogP contribution >= 0.6 is 0 Å². The van der Waals surface area contributed by atoms with E-state index in [2.05, 4.69) is 0 Å². The van der Waals surface area contributed by atoms with E-state index in [1.807, 2.05) is 6.92 Å². The van der Waals surface area contributed by atoms with Crippen LogP contribution in [0, 0.1) is 6.92 Å². The molecular weight excluding hydrogens is 182 g/mol. The molecule has 0 bridgehead atoms. The van der Waals surface area contributed by atoms with Crippen molar-refractivity contribution in [3.05, 3.63) is 27.7 Å². The second-order valence-corrected chi connectivity index (χ2v) is 3.01. The standard InChI is InChI=1S/C9H13N3O2/c1-3-12-5(2)8(9(11)14)6(10)4-7(12)13/h4H,3,10H2,1-2H3,(H2,11,14). The molecule has 0 aromatic carbocycles. The van der Waals surface area contributed by atoms with Gasteiger partial charge in [0.15, 0.2) is 0 Å². The zero-order chi connectivity index (χ0) is 10.9. The van der Waals surface area contributed by atoms with Gasteiger partial charge in [-0.05, 0) is 13.8 Å². The maximum atomic E-state index is 11.4. The molecule has 0 aliphatic carbocycles. The maximum absolute atomic E-state index is 11.4. The van der Waals surface area contributed by atoms with Crippen LogP contribution in [-0.2, 0) is 6.54 Å². The Hall–Kier alpha value is -1.78. The quantitative estimate of drug-likeness (QED) is 0.687. The van der Waals surface area contributed by atoms with Gasteiger partial charge in [0.2, 0.25) is 0 Å². The third kappa shape index (κ3) is 1.48. The van der Waals surface area contributed by atoms with Crippen LogP contribution in [0.5, 0.6) is 0 Å². The van der Waals surface area contributed by atoms with Crippen molar-refractivity contribution >= 4 is 11.6 Å². The van der Waals surface area contributed by atoms with Crippen molar-refractivity contribution < 1.29 is 4.79 Å². The first-order valence-corrected chi connectivity index (χ1v) is 4.28. The van der Waals surface area contributed by atoms with Gasteiger partial charge in [-0.1, -0.05) is 0 Å². The Labute approximate surface area is 81.3 Å². The highest BCUT2D eigenvalue weighted by molar-refractivity contribution is 5.98. The molecule has 1 heterocycles. The fourth-order valence-corrected chi connectivity index (χ4v) is 1.51. The van der Waals surface area contributed by atoms with Gasteiger partial charge in [-0.3, -0.25) is 9.59 Å². The topological polar surface area (TPSA) is 91.1 Å². The van der Waals surface area contributed by atoms with E-state index in [9.17, 15) is 9.59 Å². The van der Waals surface area contributed by atoms with Crippen molar-refractivity contribution in [3.8, 4) is 0 Å². The summed E-state index contributed by atoms with van der Waals surface area (Å²) in [7, 11) is 0. The van der Waals surface area contributed by atoms with Gasteiger partial charge < -0.3 is 16.0 Å². The first-order valence-electron chi connectivity index (χ1n) is 4.28. The monoisotopic (exact) mass is 195 g/mol. The molecular formula is C9H13N3O2. The lowest BCUT2D eigenvalue weighted by Gasteiger charge is -2.11. The minimum atomic E-state index is -0.609. The van der Waals surface area contributed by atoms with E-state index < -0.39 is 5.91 Å². The van der Waals surface area contributed by atoms with E-state index in [1.165, 1.54) is 10.6 Å². The minimum absolute atomic E-state index is 0.143. The summed E-state index contributed by atoms with van der Waals surface area (Å²) in [5.74, 6) is -0.609. The molecule has 0 aliphatic heterocycles. The van der Waals surface area contributed by atoms with Crippen LogP contribution < -0.4 is 17.0 Å². The van der Waals surface area contributed by atoms with Gasteiger partial charge in [0.25, 0.3) is 11.5 Å². The Bertz CT molecular complexity index is 434. The highest BCUT2D eigenvalue weighted by Gasteiger charge is 2.13. The van der Waals surface area contributed by atoms with Crippen molar-refractivity contribution in [1.29, 1.82) is 0 Å². The number of aromatic nitrogens is 1. The number of anilines is 1. The van der Waals surface area contributed by atoms with Crippen LogP contribution in [-0.4, -0.2) is 10.5 Å². The van der Waals surface area contributed by atoms with E-state index in [-0.39, 0.29) is 16.8 Å². The minimum Gasteiger partial charge on any atom is -0.398 e. The van der Waals surface area contributed by atoms with Crippen LogP contribution in [0.3, 0.4) is 0 Å². The van der Waals surface area contributed by atoms with Crippen molar-refractivity contribution in [2.24, 2.45) is 5.73 Å². The molecule has 0 saturated heterocycles. The van der Waals surface area contributed by atoms with Crippen molar-refractivity contribution in [3.63, 3.8) is 0 Å². The Morgan fingerprint density at radius 1 is 1.57 bits per heavy atom. The van der Waals surface area contributed by atoms with Gasteiger partial charge in [0.1, 0.15) is 0 Å². The number of rotatable bonds is 2. The molecule has 0 aliphatic rings. The lowest BCUT2D eigenvalue weighted by molar-refractivity contribution is 0.0999. The molecule has 1 aromatic heterocycles. The van der Waals surface area contributed by atoms with Crippen LogP contribution in [0.25, 0.3) is 0 Å². The molecule has 0 spiro atoms. The molecule has 1 aromatic rings. The number of pyridine rings is 1. The zero-order valence-electron chi connectivity index (χ0n) is 8.20. The summed E-state index contributed by atoms with van der Waals surface area (Å²) in [6.45, 7) is 3.96. The molecule has 1 rings (SSSR count). The van der Waals surface area contributed by atoms with Crippen molar-refractivity contribution in [1.82, 2.24) is 4.57 Å². The SMILES string of the molecule is CCn1c(C)c(C(N)=O)c(N)cc1=O. The zero-order valence-corrected chi connectivity index (χ0v) is 8.20. The second-order valence-electron chi connectivity index (χ2n) is 3.01. The van der Waals surface area contributed by atoms with Crippen LogP contribution in [0.2, 0.25) is 0 Å². The molecule has 5 heteroatoms. The van der Waals surface area contributed by atoms with E-state index in [4.69, 9.17) is 11.5 Å². The smallest absolute Gasteiger partial charge is 0.252 e. The van der Waals surface area contributed by atoms with Crippen LogP contribution in [0.15, 0.2) is 10.9 Å². The Balaban J connectivity index is 3.60. The molecule has 0 saturated carbocycles. The van der Waals surface area contributed by atoms with Gasteiger partial charge in [-0.25, -0.2) is 0 Å². The number of nitrogens with zero attached hydrogens (tertiary/aromatic N) is 1. The average molecular weight is 195 g/mol. The van der Waals surface area contributed by atoms with Gasteiger partial charge >= 0.3 is 0 Å². The molecule has 76 valence electrons. The molecule has 14 heavy (non-hydrogen) atoms. The Morgan fingerprint density at radius 2 is 2.14 bits per heavy atom. The Morgan fingerprint density at radius 3 is 2.57 bits per heavy atom. The summed E-state index contributed by atoms with van der Waals surface area (Å²) in [5, 5.41) is 0. The summed E-state index contributed by atoms with van der Waals surface area (Å²) in [6, 6.07) is 1.22. The fraction of sp³-hybridized carbons (Fsp3) is 0.333. The first kappa shape index (κ1) is 10.3. The van der Waals surface area contributed by atoms with Gasteiger partial charge in [0, 0.05) is 18.3 Å². The van der Waals surface area contributed by atoms with Crippen molar-refractivity contribution in [2.75, 3.05) is 5.73 Å². The summed E-state index contributed by atoms with van der Waals surface area (Å²) in [6.07, 6.45) is 0. The molecule has 0 fully saturated rings. The maximum Gasteiger partial charge on any atom is 0.252 e. The highest BCUT2D eigenvalue weighted by atomic mass is 16.1.